The van der Waals surface area contributed by atoms with Gasteiger partial charge in [0.25, 0.3) is 6.71 Å². The minimum atomic E-state index is -0.0712. The Morgan fingerprint density at radius 2 is 1.00 bits per heavy atom. The van der Waals surface area contributed by atoms with Gasteiger partial charge in [-0.1, -0.05) is 184 Å². The van der Waals surface area contributed by atoms with Crippen molar-refractivity contribution in [3.8, 4) is 0 Å². The summed E-state index contributed by atoms with van der Waals surface area (Å²) in [6.07, 6.45) is 3.46. The highest BCUT2D eigenvalue weighted by molar-refractivity contribution is 7.26. The van der Waals surface area contributed by atoms with Crippen molar-refractivity contribution < 1.29 is 0 Å². The molecule has 81 heavy (non-hydrogen) atoms. The Bertz CT molecular complexity index is 3990. The summed E-state index contributed by atoms with van der Waals surface area (Å²) in [5.41, 5.74) is 26.5. The van der Waals surface area contributed by atoms with Crippen molar-refractivity contribution in [2.24, 2.45) is 0 Å². The molecule has 0 unspecified atom stereocenters. The molecule has 5 heteroatoms. The Morgan fingerprint density at radius 3 is 1.60 bits per heavy atom. The molecule has 0 bridgehead atoms. The molecule has 1 aromatic heterocycles. The van der Waals surface area contributed by atoms with Crippen LogP contribution in [-0.4, -0.2) is 6.71 Å². The van der Waals surface area contributed by atoms with E-state index in [-0.39, 0.29) is 44.6 Å². The lowest BCUT2D eigenvalue weighted by atomic mass is 9.33. The Morgan fingerprint density at radius 1 is 0.457 bits per heavy atom. The summed E-state index contributed by atoms with van der Waals surface area (Å²) in [7, 11) is 0. The van der Waals surface area contributed by atoms with Crippen LogP contribution < -0.4 is 31.1 Å². The summed E-state index contributed by atoms with van der Waals surface area (Å²) in [6, 6.07) is 58.2. The number of rotatable bonds is 5. The second-order valence-corrected chi connectivity index (χ2v) is 31.6. The lowest BCUT2D eigenvalue weighted by Gasteiger charge is -2.46. The molecule has 412 valence electrons. The third kappa shape index (κ3) is 8.47. The third-order valence-corrected chi connectivity index (χ3v) is 20.8. The summed E-state index contributed by atoms with van der Waals surface area (Å²) >= 11 is 1.95. The van der Waals surface area contributed by atoms with E-state index in [1.807, 2.05) is 11.3 Å². The Labute approximate surface area is 489 Å². The van der Waals surface area contributed by atoms with Crippen LogP contribution in [0, 0.1) is 6.92 Å². The second-order valence-electron chi connectivity index (χ2n) is 30.6. The predicted octanol–water partition coefficient (Wildman–Crippen LogP) is 20.1. The molecule has 0 spiro atoms. The molecule has 0 N–H and O–H groups in total. The van der Waals surface area contributed by atoms with Crippen LogP contribution >= 0.6 is 11.3 Å². The predicted molar refractivity (Wildman–Crippen MR) is 355 cm³/mol. The fourth-order valence-corrected chi connectivity index (χ4v) is 16.5. The van der Waals surface area contributed by atoms with Crippen LogP contribution in [0.25, 0.3) is 20.2 Å². The van der Waals surface area contributed by atoms with E-state index in [4.69, 9.17) is 0 Å². The van der Waals surface area contributed by atoms with E-state index in [1.54, 1.807) is 0 Å². The largest absolute Gasteiger partial charge is 0.311 e. The summed E-state index contributed by atoms with van der Waals surface area (Å²) in [5, 5.41) is 2.70. The van der Waals surface area contributed by atoms with Gasteiger partial charge < -0.3 is 14.7 Å². The van der Waals surface area contributed by atoms with Gasteiger partial charge in [0.1, 0.15) is 0 Å². The normalized spacial score (nSPS) is 17.4. The standard InChI is InChI=1S/C76H84BN3S/c1-46-39-64-68-65(40-46)80(61-36-34-55(72(8,9)10)67-53-21-19-20-22-66(53)81-69(61)67)62-42-52(78(49-27-23-47(24-28-49)70(2,3)4)50-29-25-48(26-30-50)71(5,6)7)32-35-59(62)77(68)60-43-57-58(76(17,18)45-75(57,15)16)44-63(60)79(64)51-31-33-54-56(41-51)74(13,14)38-37-73(54,11)12/h19-36,39-44H,37-38,45H2,1-18H3. The van der Waals surface area contributed by atoms with Gasteiger partial charge in [0.15, 0.2) is 0 Å². The van der Waals surface area contributed by atoms with E-state index < -0.39 is 0 Å². The van der Waals surface area contributed by atoms with Gasteiger partial charge in [0.05, 0.1) is 10.4 Å². The van der Waals surface area contributed by atoms with Crippen LogP contribution in [0.3, 0.4) is 0 Å². The third-order valence-electron chi connectivity index (χ3n) is 19.6. The zero-order valence-corrected chi connectivity index (χ0v) is 52.6. The lowest BCUT2D eigenvalue weighted by molar-refractivity contribution is 0.332. The minimum Gasteiger partial charge on any atom is -0.311 e. The van der Waals surface area contributed by atoms with Crippen LogP contribution in [0.4, 0.5) is 51.2 Å². The van der Waals surface area contributed by atoms with Gasteiger partial charge in [-0.25, -0.2) is 0 Å². The number of aryl methyl sites for hydroxylation is 1. The SMILES string of the molecule is Cc1cc2c3c(c1)N(c1ccc(C(C)(C)C)c4c1sc1ccccc14)c1cc(N(c4ccc(C(C)(C)C)cc4)c4ccc(C(C)(C)C)cc4)ccc1B3c1cc3c(cc1N2c1ccc2c(c1)C(C)(C)CCC2(C)C)C(C)(C)CC3(C)C. The molecule has 2 aliphatic carbocycles. The Balaban J connectivity index is 1.14. The molecular formula is C76H84BN3S. The second kappa shape index (κ2) is 17.7. The Hall–Kier alpha value is -6.56. The molecule has 2 aliphatic heterocycles. The molecule has 0 saturated heterocycles. The molecule has 9 aromatic rings. The maximum absolute atomic E-state index is 2.71. The average molecular weight is 1080 g/mol. The van der Waals surface area contributed by atoms with Crippen molar-refractivity contribution in [3.63, 3.8) is 0 Å². The van der Waals surface area contributed by atoms with Gasteiger partial charge in [-0.15, -0.1) is 11.3 Å². The highest BCUT2D eigenvalue weighted by Crippen LogP contribution is 2.56. The van der Waals surface area contributed by atoms with E-state index in [0.717, 1.165) is 23.5 Å². The molecule has 13 rings (SSSR count). The van der Waals surface area contributed by atoms with Gasteiger partial charge in [-0.2, -0.15) is 0 Å². The molecule has 3 nitrogen and oxygen atoms in total. The molecule has 4 aliphatic rings. The van der Waals surface area contributed by atoms with Crippen molar-refractivity contribution in [3.05, 3.63) is 190 Å². The smallest absolute Gasteiger partial charge is 0.252 e. The van der Waals surface area contributed by atoms with Crippen LogP contribution in [0.15, 0.2) is 146 Å². The number of hydrogen-bond acceptors (Lipinski definition) is 4. The number of nitrogens with zero attached hydrogens (tertiary/aromatic N) is 3. The number of hydrogen-bond donors (Lipinski definition) is 0. The van der Waals surface area contributed by atoms with E-state index in [2.05, 4.69) is 285 Å². The molecule has 8 aromatic carbocycles. The van der Waals surface area contributed by atoms with Crippen molar-refractivity contribution in [2.75, 3.05) is 14.7 Å². The molecule has 0 saturated carbocycles. The van der Waals surface area contributed by atoms with Crippen molar-refractivity contribution in [2.45, 2.75) is 182 Å². The number of thiophene rings is 1. The summed E-state index contributed by atoms with van der Waals surface area (Å²) in [5.74, 6) is 0. The first-order valence-corrected chi connectivity index (χ1v) is 30.9. The molecule has 0 fully saturated rings. The van der Waals surface area contributed by atoms with E-state index in [1.165, 1.54) is 128 Å². The molecule has 0 atom stereocenters. The van der Waals surface area contributed by atoms with E-state index in [9.17, 15) is 0 Å². The van der Waals surface area contributed by atoms with Crippen LogP contribution in [0.5, 0.6) is 0 Å². The maximum atomic E-state index is 2.71. The highest BCUT2D eigenvalue weighted by atomic mass is 32.1. The van der Waals surface area contributed by atoms with Crippen molar-refractivity contribution in [1.82, 2.24) is 0 Å². The fraction of sp³-hybridized carbons (Fsp3) is 0.368. The molecule has 0 amide bonds. The fourth-order valence-electron chi connectivity index (χ4n) is 15.3. The molecule has 3 heterocycles. The van der Waals surface area contributed by atoms with Crippen molar-refractivity contribution >= 4 is 106 Å². The zero-order chi connectivity index (χ0) is 57.5. The lowest BCUT2D eigenvalue weighted by Crippen LogP contribution is -2.61. The van der Waals surface area contributed by atoms with Gasteiger partial charge in [0.2, 0.25) is 0 Å². The van der Waals surface area contributed by atoms with Gasteiger partial charge in [-0.3, -0.25) is 0 Å². The average Bonchev–Trinajstić information content (AvgIpc) is 4.11. The first-order chi connectivity index (χ1) is 37.9. The van der Waals surface area contributed by atoms with E-state index in [0.29, 0.717) is 0 Å². The Kier molecular flexibility index (Phi) is 11.8. The molecular weight excluding hydrogens is 998 g/mol. The van der Waals surface area contributed by atoms with Gasteiger partial charge in [0, 0.05) is 61.0 Å². The number of benzene rings is 8. The van der Waals surface area contributed by atoms with Crippen molar-refractivity contribution in [1.29, 1.82) is 0 Å². The number of anilines is 9. The minimum absolute atomic E-state index is 0.0110. The topological polar surface area (TPSA) is 9.72 Å². The summed E-state index contributed by atoms with van der Waals surface area (Å²) in [6.45, 7) is 43.1. The van der Waals surface area contributed by atoms with Crippen LogP contribution in [-0.2, 0) is 37.9 Å². The van der Waals surface area contributed by atoms with Crippen LogP contribution in [0.2, 0.25) is 0 Å². The summed E-state index contributed by atoms with van der Waals surface area (Å²) in [4.78, 5) is 7.91. The van der Waals surface area contributed by atoms with E-state index >= 15 is 0 Å². The first-order valence-electron chi connectivity index (χ1n) is 30.1. The number of fused-ring (bicyclic) bond motifs is 9. The zero-order valence-electron chi connectivity index (χ0n) is 51.8. The van der Waals surface area contributed by atoms with Gasteiger partial charge in [-0.05, 0) is 204 Å². The summed E-state index contributed by atoms with van der Waals surface area (Å²) < 4.78 is 2.65. The highest BCUT2D eigenvalue weighted by Gasteiger charge is 2.49. The monoisotopic (exact) mass is 1080 g/mol. The maximum Gasteiger partial charge on any atom is 0.252 e. The first kappa shape index (κ1) is 53.7. The quantitative estimate of drug-likeness (QED) is 0.159. The van der Waals surface area contributed by atoms with Crippen LogP contribution in [0.1, 0.15) is 181 Å². The molecule has 0 radical (unpaired) electrons. The van der Waals surface area contributed by atoms with Gasteiger partial charge >= 0.3 is 0 Å².